The van der Waals surface area contributed by atoms with Crippen molar-refractivity contribution >= 4 is 5.69 Å². The molecule has 1 aromatic rings. The molecule has 0 aliphatic heterocycles. The zero-order chi connectivity index (χ0) is 11.4. The number of hydrogen-bond acceptors (Lipinski definition) is 3. The lowest BCUT2D eigenvalue weighted by Crippen LogP contribution is -2.19. The van der Waals surface area contributed by atoms with Crippen LogP contribution in [0.3, 0.4) is 0 Å². The first-order valence-electron chi connectivity index (χ1n) is 5.00. The Hall–Kier alpha value is -1.35. The first kappa shape index (κ1) is 11.7. The molecule has 15 heavy (non-hydrogen) atoms. The highest BCUT2D eigenvalue weighted by molar-refractivity contribution is 5.44. The zero-order valence-electron chi connectivity index (χ0n) is 9.57. The van der Waals surface area contributed by atoms with Crippen molar-refractivity contribution in [1.29, 1.82) is 0 Å². The lowest BCUT2D eigenvalue weighted by Gasteiger charge is -2.19. The van der Waals surface area contributed by atoms with Crippen LogP contribution in [0.2, 0.25) is 0 Å². The first-order chi connectivity index (χ1) is 7.00. The van der Waals surface area contributed by atoms with Crippen molar-refractivity contribution in [3.63, 3.8) is 0 Å². The number of aromatic nitrogens is 1. The van der Waals surface area contributed by atoms with Gasteiger partial charge >= 0.3 is 0 Å². The molecule has 0 fully saturated rings. The minimum Gasteiger partial charge on any atom is -0.387 e. The lowest BCUT2D eigenvalue weighted by molar-refractivity contribution is 0.194. The number of likely N-dealkylation sites (N-methyl/N-ethyl adjacent to an activating group) is 1. The summed E-state index contributed by atoms with van der Waals surface area (Å²) in [5.74, 6) is 0. The number of nitrogens with zero attached hydrogens (tertiary/aromatic N) is 2. The molecule has 0 unspecified atom stereocenters. The maximum atomic E-state index is 9.31. The Morgan fingerprint density at radius 3 is 2.67 bits per heavy atom. The summed E-state index contributed by atoms with van der Waals surface area (Å²) in [5, 5.41) is 9.31. The van der Waals surface area contributed by atoms with Crippen LogP contribution in [0.4, 0.5) is 5.69 Å². The van der Waals surface area contributed by atoms with Crippen LogP contribution < -0.4 is 4.90 Å². The van der Waals surface area contributed by atoms with Gasteiger partial charge in [0.05, 0.1) is 23.7 Å². The highest BCUT2D eigenvalue weighted by Gasteiger charge is 2.04. The number of anilines is 1. The van der Waals surface area contributed by atoms with Crippen LogP contribution in [-0.2, 0) is 0 Å². The molecule has 82 valence electrons. The van der Waals surface area contributed by atoms with Gasteiger partial charge in [-0.25, -0.2) is 0 Å². The maximum absolute atomic E-state index is 9.31. The summed E-state index contributed by atoms with van der Waals surface area (Å²) in [6.07, 6.45) is 1.26. The second-order valence-corrected chi connectivity index (χ2v) is 3.93. The molecule has 0 aliphatic rings. The largest absolute Gasteiger partial charge is 0.387 e. The molecular formula is C12H18N2O. The van der Waals surface area contributed by atoms with Crippen molar-refractivity contribution in [3.05, 3.63) is 36.2 Å². The van der Waals surface area contributed by atoms with Gasteiger partial charge in [-0.3, -0.25) is 4.98 Å². The van der Waals surface area contributed by atoms with Gasteiger partial charge in [-0.1, -0.05) is 12.2 Å². The van der Waals surface area contributed by atoms with Gasteiger partial charge in [0.25, 0.3) is 0 Å². The highest BCUT2D eigenvalue weighted by Crippen LogP contribution is 2.15. The van der Waals surface area contributed by atoms with E-state index in [9.17, 15) is 5.11 Å². The van der Waals surface area contributed by atoms with Gasteiger partial charge in [0.15, 0.2) is 0 Å². The van der Waals surface area contributed by atoms with Gasteiger partial charge in [0, 0.05) is 13.6 Å². The number of rotatable bonds is 4. The molecule has 0 bridgehead atoms. The zero-order valence-corrected chi connectivity index (χ0v) is 9.57. The molecule has 1 aromatic heterocycles. The Morgan fingerprint density at radius 2 is 2.27 bits per heavy atom. The van der Waals surface area contributed by atoms with E-state index in [2.05, 4.69) is 16.5 Å². The van der Waals surface area contributed by atoms with E-state index in [0.717, 1.165) is 17.8 Å². The summed E-state index contributed by atoms with van der Waals surface area (Å²) < 4.78 is 0. The van der Waals surface area contributed by atoms with Crippen LogP contribution in [0, 0.1) is 0 Å². The number of aliphatic hydroxyl groups is 1. The predicted molar refractivity (Wildman–Crippen MR) is 63.0 cm³/mol. The van der Waals surface area contributed by atoms with Crippen molar-refractivity contribution < 1.29 is 5.11 Å². The third-order valence-corrected chi connectivity index (χ3v) is 2.15. The monoisotopic (exact) mass is 206 g/mol. The van der Waals surface area contributed by atoms with E-state index in [1.165, 1.54) is 0 Å². The summed E-state index contributed by atoms with van der Waals surface area (Å²) in [7, 11) is 1.99. The average Bonchev–Trinajstić information content (AvgIpc) is 2.17. The smallest absolute Gasteiger partial charge is 0.0931 e. The third-order valence-electron chi connectivity index (χ3n) is 2.15. The molecule has 0 saturated carbocycles. The second-order valence-electron chi connectivity index (χ2n) is 3.93. The van der Waals surface area contributed by atoms with Crippen molar-refractivity contribution in [1.82, 2.24) is 4.98 Å². The summed E-state index contributed by atoms with van der Waals surface area (Å²) in [6, 6.07) is 3.80. The van der Waals surface area contributed by atoms with E-state index in [0.29, 0.717) is 5.69 Å². The second kappa shape index (κ2) is 4.94. The Bertz CT molecular complexity index is 330. The quantitative estimate of drug-likeness (QED) is 0.767. The molecule has 0 saturated heterocycles. The topological polar surface area (TPSA) is 36.4 Å². The molecule has 0 amide bonds. The van der Waals surface area contributed by atoms with E-state index in [1.54, 1.807) is 13.1 Å². The van der Waals surface area contributed by atoms with Gasteiger partial charge < -0.3 is 10.0 Å². The molecule has 0 spiro atoms. The Kier molecular flexibility index (Phi) is 3.86. The van der Waals surface area contributed by atoms with Crippen LogP contribution in [0.15, 0.2) is 30.5 Å². The van der Waals surface area contributed by atoms with Gasteiger partial charge in [0.1, 0.15) is 0 Å². The molecule has 3 heteroatoms. The van der Waals surface area contributed by atoms with Crippen LogP contribution in [-0.4, -0.2) is 23.7 Å². The Balaban J connectivity index is 2.75. The van der Waals surface area contributed by atoms with E-state index >= 15 is 0 Å². The minimum absolute atomic E-state index is 0.509. The molecular weight excluding hydrogens is 188 g/mol. The van der Waals surface area contributed by atoms with E-state index < -0.39 is 6.10 Å². The number of pyridine rings is 1. The van der Waals surface area contributed by atoms with E-state index in [1.807, 2.05) is 26.1 Å². The van der Waals surface area contributed by atoms with Gasteiger partial charge in [-0.2, -0.15) is 0 Å². The Labute approximate surface area is 91.1 Å². The molecule has 0 radical (unpaired) electrons. The predicted octanol–water partition coefficient (Wildman–Crippen LogP) is 2.15. The van der Waals surface area contributed by atoms with Gasteiger partial charge in [-0.15, -0.1) is 0 Å². The fourth-order valence-electron chi connectivity index (χ4n) is 1.37. The lowest BCUT2D eigenvalue weighted by atomic mass is 10.2. The number of hydrogen-bond donors (Lipinski definition) is 1. The molecule has 1 N–H and O–H groups in total. The highest BCUT2D eigenvalue weighted by atomic mass is 16.3. The van der Waals surface area contributed by atoms with Crippen molar-refractivity contribution in [2.45, 2.75) is 20.0 Å². The molecule has 1 rings (SSSR count). The SMILES string of the molecule is C=C(C)CN(C)c1ccc([C@H](C)O)nc1. The van der Waals surface area contributed by atoms with Crippen LogP contribution in [0.25, 0.3) is 0 Å². The van der Waals surface area contributed by atoms with Gasteiger partial charge in [-0.05, 0) is 26.0 Å². The van der Waals surface area contributed by atoms with Crippen molar-refractivity contribution in [2.75, 3.05) is 18.5 Å². The fourth-order valence-corrected chi connectivity index (χ4v) is 1.37. The average molecular weight is 206 g/mol. The summed E-state index contributed by atoms with van der Waals surface area (Å²) in [6.45, 7) is 8.38. The molecule has 3 nitrogen and oxygen atoms in total. The van der Waals surface area contributed by atoms with Crippen LogP contribution in [0.5, 0.6) is 0 Å². The fraction of sp³-hybridized carbons (Fsp3) is 0.417. The summed E-state index contributed by atoms with van der Waals surface area (Å²) in [4.78, 5) is 6.26. The maximum Gasteiger partial charge on any atom is 0.0931 e. The molecule has 1 atom stereocenters. The van der Waals surface area contributed by atoms with Crippen LogP contribution in [0.1, 0.15) is 25.6 Å². The number of aliphatic hydroxyl groups excluding tert-OH is 1. The normalized spacial score (nSPS) is 12.3. The minimum atomic E-state index is -0.509. The first-order valence-corrected chi connectivity index (χ1v) is 5.00. The molecule has 0 aliphatic carbocycles. The summed E-state index contributed by atoms with van der Waals surface area (Å²) >= 11 is 0. The third kappa shape index (κ3) is 3.36. The Morgan fingerprint density at radius 1 is 1.60 bits per heavy atom. The summed E-state index contributed by atoms with van der Waals surface area (Å²) in [5.41, 5.74) is 2.84. The van der Waals surface area contributed by atoms with Gasteiger partial charge in [0.2, 0.25) is 0 Å². The van der Waals surface area contributed by atoms with E-state index in [-0.39, 0.29) is 0 Å². The molecule has 0 aromatic carbocycles. The standard InChI is InChI=1S/C12H18N2O/c1-9(2)8-14(4)11-5-6-12(10(3)15)13-7-11/h5-7,10,15H,1,8H2,2-4H3/t10-/m0/s1. The molecule has 1 heterocycles. The van der Waals surface area contributed by atoms with Crippen LogP contribution >= 0.6 is 0 Å². The van der Waals surface area contributed by atoms with E-state index in [4.69, 9.17) is 0 Å². The van der Waals surface area contributed by atoms with Crippen molar-refractivity contribution in [3.8, 4) is 0 Å². The van der Waals surface area contributed by atoms with Crippen molar-refractivity contribution in [2.24, 2.45) is 0 Å².